The fourth-order valence-corrected chi connectivity index (χ4v) is 2.65. The third kappa shape index (κ3) is 1.70. The molecule has 92 valence electrons. The number of thiazole rings is 1. The van der Waals surface area contributed by atoms with E-state index in [0.29, 0.717) is 21.4 Å². The van der Waals surface area contributed by atoms with Gasteiger partial charge in [-0.1, -0.05) is 0 Å². The number of carboxylic acids is 1. The van der Waals surface area contributed by atoms with Crippen LogP contribution in [0.4, 0.5) is 0 Å². The second-order valence-corrected chi connectivity index (χ2v) is 5.00. The quantitative estimate of drug-likeness (QED) is 0.901. The van der Waals surface area contributed by atoms with Crippen LogP contribution in [0.2, 0.25) is 0 Å². The van der Waals surface area contributed by atoms with E-state index in [9.17, 15) is 4.79 Å². The van der Waals surface area contributed by atoms with Crippen molar-refractivity contribution in [2.45, 2.75) is 6.92 Å². The van der Waals surface area contributed by atoms with Crippen LogP contribution in [0.1, 0.15) is 15.4 Å². The van der Waals surface area contributed by atoms with Gasteiger partial charge in [0.05, 0.1) is 0 Å². The van der Waals surface area contributed by atoms with E-state index in [1.807, 2.05) is 12.1 Å². The minimum Gasteiger partial charge on any atom is -0.476 e. The molecular weight excluding hydrogens is 254 g/mol. The number of ether oxygens (including phenoxy) is 2. The highest BCUT2D eigenvalue weighted by molar-refractivity contribution is 7.15. The summed E-state index contributed by atoms with van der Waals surface area (Å²) >= 11 is 1.35. The van der Waals surface area contributed by atoms with Crippen molar-refractivity contribution in [1.29, 1.82) is 0 Å². The van der Waals surface area contributed by atoms with Gasteiger partial charge in [0.15, 0.2) is 17.2 Å². The van der Waals surface area contributed by atoms with Crippen LogP contribution in [0.5, 0.6) is 11.5 Å². The average Bonchev–Trinajstić information content (AvgIpc) is 2.93. The molecule has 0 atom stereocenters. The van der Waals surface area contributed by atoms with Gasteiger partial charge in [-0.05, 0) is 25.1 Å². The standard InChI is InChI=1S/C12H9NO4S/c1-6-10(12(14)15)13-11(18-6)7-2-3-8-9(4-7)17-5-16-8/h2-4H,5H2,1H3,(H,14,15). The number of fused-ring (bicyclic) bond motifs is 1. The molecule has 1 aromatic heterocycles. The van der Waals surface area contributed by atoms with Gasteiger partial charge in [0, 0.05) is 10.4 Å². The van der Waals surface area contributed by atoms with Crippen molar-refractivity contribution in [3.63, 3.8) is 0 Å². The Morgan fingerprint density at radius 1 is 1.39 bits per heavy atom. The van der Waals surface area contributed by atoms with Gasteiger partial charge in [0.2, 0.25) is 6.79 Å². The highest BCUT2D eigenvalue weighted by Gasteiger charge is 2.18. The Hall–Kier alpha value is -2.08. The molecule has 1 aliphatic rings. The molecule has 0 radical (unpaired) electrons. The molecule has 0 spiro atoms. The number of aryl methyl sites for hydroxylation is 1. The molecule has 5 nitrogen and oxygen atoms in total. The Morgan fingerprint density at radius 2 is 2.17 bits per heavy atom. The van der Waals surface area contributed by atoms with Crippen molar-refractivity contribution in [3.8, 4) is 22.1 Å². The maximum absolute atomic E-state index is 11.0. The van der Waals surface area contributed by atoms with Gasteiger partial charge < -0.3 is 14.6 Å². The van der Waals surface area contributed by atoms with Gasteiger partial charge in [-0.25, -0.2) is 9.78 Å². The first-order chi connectivity index (χ1) is 8.65. The molecule has 0 aliphatic carbocycles. The number of benzene rings is 1. The van der Waals surface area contributed by atoms with Gasteiger partial charge in [-0.3, -0.25) is 0 Å². The number of rotatable bonds is 2. The first-order valence-electron chi connectivity index (χ1n) is 5.26. The third-order valence-electron chi connectivity index (χ3n) is 2.62. The Kier molecular flexibility index (Phi) is 2.45. The third-order valence-corrected chi connectivity index (χ3v) is 3.64. The maximum Gasteiger partial charge on any atom is 0.355 e. The summed E-state index contributed by atoms with van der Waals surface area (Å²) in [6, 6.07) is 5.46. The van der Waals surface area contributed by atoms with E-state index >= 15 is 0 Å². The van der Waals surface area contributed by atoms with Crippen molar-refractivity contribution < 1.29 is 19.4 Å². The number of carbonyl (C=O) groups is 1. The second kappa shape index (κ2) is 3.99. The fraction of sp³-hybridized carbons (Fsp3) is 0.167. The molecule has 1 N–H and O–H groups in total. The topological polar surface area (TPSA) is 68.7 Å². The van der Waals surface area contributed by atoms with Crippen molar-refractivity contribution in [3.05, 3.63) is 28.8 Å². The molecule has 0 saturated heterocycles. The second-order valence-electron chi connectivity index (χ2n) is 3.80. The highest BCUT2D eigenvalue weighted by atomic mass is 32.1. The summed E-state index contributed by atoms with van der Waals surface area (Å²) in [5.41, 5.74) is 0.938. The lowest BCUT2D eigenvalue weighted by Crippen LogP contribution is -1.98. The van der Waals surface area contributed by atoms with E-state index in [1.54, 1.807) is 13.0 Å². The molecule has 1 aliphatic heterocycles. The summed E-state index contributed by atoms with van der Waals surface area (Å²) in [4.78, 5) is 15.8. The molecule has 6 heteroatoms. The number of nitrogens with zero attached hydrogens (tertiary/aromatic N) is 1. The minimum atomic E-state index is -1.00. The molecule has 0 saturated carbocycles. The van der Waals surface area contributed by atoms with E-state index in [-0.39, 0.29) is 12.5 Å². The number of aromatic nitrogens is 1. The fourth-order valence-electron chi connectivity index (χ4n) is 1.75. The summed E-state index contributed by atoms with van der Waals surface area (Å²) < 4.78 is 10.5. The normalized spacial score (nSPS) is 12.7. The van der Waals surface area contributed by atoms with E-state index in [1.165, 1.54) is 11.3 Å². The van der Waals surface area contributed by atoms with Crippen LogP contribution in [0.3, 0.4) is 0 Å². The first-order valence-corrected chi connectivity index (χ1v) is 6.07. The van der Waals surface area contributed by atoms with Crippen molar-refractivity contribution in [2.75, 3.05) is 6.79 Å². The summed E-state index contributed by atoms with van der Waals surface area (Å²) in [7, 11) is 0. The summed E-state index contributed by atoms with van der Waals surface area (Å²) in [5.74, 6) is 0.360. The van der Waals surface area contributed by atoms with Gasteiger partial charge in [-0.2, -0.15) is 0 Å². The zero-order valence-corrected chi connectivity index (χ0v) is 10.3. The average molecular weight is 263 g/mol. The number of carboxylic acid groups (broad SMARTS) is 1. The minimum absolute atomic E-state index is 0.104. The van der Waals surface area contributed by atoms with Crippen LogP contribution < -0.4 is 9.47 Å². The largest absolute Gasteiger partial charge is 0.476 e. The lowest BCUT2D eigenvalue weighted by Gasteiger charge is -1.98. The summed E-state index contributed by atoms with van der Waals surface area (Å²) in [6.45, 7) is 1.97. The van der Waals surface area contributed by atoms with Crippen LogP contribution in [0.25, 0.3) is 10.6 Å². The van der Waals surface area contributed by atoms with Crippen LogP contribution in [-0.2, 0) is 0 Å². The van der Waals surface area contributed by atoms with E-state index in [4.69, 9.17) is 14.6 Å². The SMILES string of the molecule is Cc1sc(-c2ccc3c(c2)OCO3)nc1C(=O)O. The molecule has 0 fully saturated rings. The Morgan fingerprint density at radius 3 is 2.89 bits per heavy atom. The molecule has 18 heavy (non-hydrogen) atoms. The monoisotopic (exact) mass is 263 g/mol. The smallest absolute Gasteiger partial charge is 0.355 e. The predicted octanol–water partition coefficient (Wildman–Crippen LogP) is 2.55. The van der Waals surface area contributed by atoms with Crippen LogP contribution in [0, 0.1) is 6.92 Å². The van der Waals surface area contributed by atoms with Crippen molar-refractivity contribution >= 4 is 17.3 Å². The molecule has 0 amide bonds. The van der Waals surface area contributed by atoms with Gasteiger partial charge >= 0.3 is 5.97 Å². The molecule has 0 unspecified atom stereocenters. The molecular formula is C12H9NO4S. The van der Waals surface area contributed by atoms with Crippen LogP contribution in [-0.4, -0.2) is 22.9 Å². The highest BCUT2D eigenvalue weighted by Crippen LogP contribution is 2.37. The van der Waals surface area contributed by atoms with Crippen molar-refractivity contribution in [2.24, 2.45) is 0 Å². The Balaban J connectivity index is 2.05. The molecule has 2 heterocycles. The molecule has 0 bridgehead atoms. The lowest BCUT2D eigenvalue weighted by molar-refractivity contribution is 0.0690. The molecule has 3 rings (SSSR count). The van der Waals surface area contributed by atoms with Crippen LogP contribution >= 0.6 is 11.3 Å². The van der Waals surface area contributed by atoms with Gasteiger partial charge in [0.1, 0.15) is 5.01 Å². The van der Waals surface area contributed by atoms with Crippen molar-refractivity contribution in [1.82, 2.24) is 4.98 Å². The maximum atomic E-state index is 11.0. The molecule has 1 aromatic carbocycles. The number of hydrogen-bond donors (Lipinski definition) is 1. The predicted molar refractivity (Wildman–Crippen MR) is 65.4 cm³/mol. The summed E-state index contributed by atoms with van der Waals surface area (Å²) in [6.07, 6.45) is 0. The molecule has 2 aromatic rings. The van der Waals surface area contributed by atoms with E-state index < -0.39 is 5.97 Å². The Labute approximate surface area is 107 Å². The van der Waals surface area contributed by atoms with Gasteiger partial charge in [0.25, 0.3) is 0 Å². The number of aromatic carboxylic acids is 1. The lowest BCUT2D eigenvalue weighted by atomic mass is 10.2. The first kappa shape index (κ1) is 11.0. The van der Waals surface area contributed by atoms with Crippen LogP contribution in [0.15, 0.2) is 18.2 Å². The zero-order chi connectivity index (χ0) is 12.7. The van der Waals surface area contributed by atoms with E-state index in [0.717, 1.165) is 5.56 Å². The summed E-state index contributed by atoms with van der Waals surface area (Å²) in [5, 5.41) is 9.65. The van der Waals surface area contributed by atoms with E-state index in [2.05, 4.69) is 4.98 Å². The van der Waals surface area contributed by atoms with Gasteiger partial charge in [-0.15, -0.1) is 11.3 Å². The number of hydrogen-bond acceptors (Lipinski definition) is 5. The Bertz CT molecular complexity index is 635. The zero-order valence-electron chi connectivity index (χ0n) is 9.47.